The average Bonchev–Trinajstić information content (AvgIpc) is 3.11. The fourth-order valence-electron chi connectivity index (χ4n) is 6.83. The third kappa shape index (κ3) is 36.6. The molecule has 0 aromatic rings. The molecule has 0 aromatic carbocycles. The molecule has 0 saturated heterocycles. The molecule has 0 aliphatic heterocycles. The maximum atomic E-state index is 12.7. The summed E-state index contributed by atoms with van der Waals surface area (Å²) in [5.41, 5.74) is 0. The van der Waals surface area contributed by atoms with Crippen LogP contribution in [0.4, 0.5) is 0 Å². The Hall–Kier alpha value is -1.14. The second kappa shape index (κ2) is 40.6. The van der Waals surface area contributed by atoms with Crippen molar-refractivity contribution in [3.63, 3.8) is 0 Å². The van der Waals surface area contributed by atoms with Crippen LogP contribution in [0, 0.1) is 0 Å². The molecular formula is C44H87NO5. The zero-order chi connectivity index (χ0) is 36.6. The molecule has 298 valence electrons. The molecule has 0 aromatic heterocycles. The van der Waals surface area contributed by atoms with Gasteiger partial charge in [0.15, 0.2) is 0 Å². The second-order valence-corrected chi connectivity index (χ2v) is 15.2. The van der Waals surface area contributed by atoms with E-state index in [-0.39, 0.29) is 24.6 Å². The number of carbonyl (C=O) groups is 2. The van der Waals surface area contributed by atoms with Crippen LogP contribution in [0.2, 0.25) is 0 Å². The molecule has 0 spiro atoms. The van der Waals surface area contributed by atoms with Crippen molar-refractivity contribution in [3.05, 3.63) is 0 Å². The topological polar surface area (TPSA) is 76.1 Å². The first-order valence-electron chi connectivity index (χ1n) is 22.3. The molecule has 0 aliphatic carbocycles. The molecule has 0 rings (SSSR count). The van der Waals surface area contributed by atoms with Crippen molar-refractivity contribution < 1.29 is 24.2 Å². The minimum absolute atomic E-state index is 0.0126. The van der Waals surface area contributed by atoms with Gasteiger partial charge in [-0.25, -0.2) is 0 Å². The average molecular weight is 710 g/mol. The van der Waals surface area contributed by atoms with Gasteiger partial charge in [0.05, 0.1) is 6.61 Å². The Morgan fingerprint density at radius 2 is 0.840 bits per heavy atom. The van der Waals surface area contributed by atoms with Crippen molar-refractivity contribution in [2.24, 2.45) is 0 Å². The van der Waals surface area contributed by atoms with Crippen molar-refractivity contribution >= 4 is 11.9 Å². The first-order chi connectivity index (χ1) is 24.6. The highest BCUT2D eigenvalue weighted by atomic mass is 16.5. The van der Waals surface area contributed by atoms with E-state index in [2.05, 4.69) is 25.7 Å². The molecule has 6 nitrogen and oxygen atoms in total. The molecule has 0 amide bonds. The van der Waals surface area contributed by atoms with Crippen molar-refractivity contribution in [2.75, 3.05) is 32.8 Å². The van der Waals surface area contributed by atoms with Gasteiger partial charge in [-0.05, 0) is 90.3 Å². The third-order valence-electron chi connectivity index (χ3n) is 10.2. The van der Waals surface area contributed by atoms with Crippen molar-refractivity contribution in [1.82, 2.24) is 4.90 Å². The first kappa shape index (κ1) is 48.9. The van der Waals surface area contributed by atoms with E-state index >= 15 is 0 Å². The van der Waals surface area contributed by atoms with Gasteiger partial charge in [0, 0.05) is 19.4 Å². The van der Waals surface area contributed by atoms with Gasteiger partial charge in [0.2, 0.25) is 0 Å². The fraction of sp³-hybridized carbons (Fsp3) is 0.955. The minimum Gasteiger partial charge on any atom is -0.466 e. The lowest BCUT2D eigenvalue weighted by molar-refractivity contribution is -0.150. The van der Waals surface area contributed by atoms with E-state index < -0.39 is 0 Å². The van der Waals surface area contributed by atoms with Crippen molar-refractivity contribution in [1.29, 1.82) is 0 Å². The summed E-state index contributed by atoms with van der Waals surface area (Å²) in [6.45, 7) is 10.8. The Kier molecular flexibility index (Phi) is 39.7. The summed E-state index contributed by atoms with van der Waals surface area (Å²) in [6, 6.07) is 0. The number of carbonyl (C=O) groups excluding carboxylic acids is 2. The zero-order valence-corrected chi connectivity index (χ0v) is 34.0. The van der Waals surface area contributed by atoms with E-state index in [1.54, 1.807) is 0 Å². The van der Waals surface area contributed by atoms with Crippen LogP contribution in [0.15, 0.2) is 0 Å². The first-order valence-corrected chi connectivity index (χ1v) is 22.3. The van der Waals surface area contributed by atoms with E-state index in [9.17, 15) is 14.7 Å². The number of rotatable bonds is 41. The summed E-state index contributed by atoms with van der Waals surface area (Å²) in [7, 11) is 0. The van der Waals surface area contributed by atoms with E-state index in [4.69, 9.17) is 9.47 Å². The molecule has 0 aliphatic rings. The van der Waals surface area contributed by atoms with Crippen LogP contribution in [0.3, 0.4) is 0 Å². The predicted octanol–water partition coefficient (Wildman–Crippen LogP) is 12.7. The summed E-state index contributed by atoms with van der Waals surface area (Å²) < 4.78 is 11.5. The molecule has 0 heterocycles. The van der Waals surface area contributed by atoms with Crippen LogP contribution in [-0.4, -0.2) is 60.9 Å². The summed E-state index contributed by atoms with van der Waals surface area (Å²) >= 11 is 0. The number of unbranched alkanes of at least 4 members (excludes halogenated alkanes) is 23. The highest BCUT2D eigenvalue weighted by molar-refractivity contribution is 5.69. The summed E-state index contributed by atoms with van der Waals surface area (Å²) in [5, 5.41) is 9.25. The molecule has 6 heteroatoms. The molecule has 1 atom stereocenters. The normalized spacial score (nSPS) is 12.1. The predicted molar refractivity (Wildman–Crippen MR) is 214 cm³/mol. The van der Waals surface area contributed by atoms with Gasteiger partial charge in [-0.3, -0.25) is 9.59 Å². The van der Waals surface area contributed by atoms with E-state index in [1.165, 1.54) is 128 Å². The monoisotopic (exact) mass is 710 g/mol. The lowest BCUT2D eigenvalue weighted by atomic mass is 10.0. The molecule has 1 N–H and O–H groups in total. The third-order valence-corrected chi connectivity index (χ3v) is 10.2. The Balaban J connectivity index is 4.06. The van der Waals surface area contributed by atoms with Crippen molar-refractivity contribution in [2.45, 2.75) is 239 Å². The highest BCUT2D eigenvalue weighted by Gasteiger charge is 2.14. The maximum Gasteiger partial charge on any atom is 0.306 e. The number of aliphatic hydroxyl groups excluding tert-OH is 1. The molecule has 0 radical (unpaired) electrons. The summed E-state index contributed by atoms with van der Waals surface area (Å²) in [5.74, 6) is -0.0216. The minimum atomic E-state index is -0.0342. The molecule has 0 saturated carbocycles. The van der Waals surface area contributed by atoms with E-state index in [0.29, 0.717) is 19.4 Å². The van der Waals surface area contributed by atoms with Gasteiger partial charge in [-0.1, -0.05) is 149 Å². The maximum absolute atomic E-state index is 12.7. The number of hydrogen-bond donors (Lipinski definition) is 1. The molecule has 50 heavy (non-hydrogen) atoms. The number of aliphatic hydroxyl groups is 1. The number of ether oxygens (including phenoxy) is 2. The smallest absolute Gasteiger partial charge is 0.306 e. The van der Waals surface area contributed by atoms with Crippen LogP contribution in [0.1, 0.15) is 233 Å². The zero-order valence-electron chi connectivity index (χ0n) is 34.0. The van der Waals surface area contributed by atoms with Gasteiger partial charge >= 0.3 is 11.9 Å². The Morgan fingerprint density at radius 1 is 0.460 bits per heavy atom. The lowest BCUT2D eigenvalue weighted by Crippen LogP contribution is -2.27. The number of hydrogen-bond acceptors (Lipinski definition) is 6. The Morgan fingerprint density at radius 3 is 1.36 bits per heavy atom. The second-order valence-electron chi connectivity index (χ2n) is 15.2. The van der Waals surface area contributed by atoms with Crippen LogP contribution in [0.5, 0.6) is 0 Å². The summed E-state index contributed by atoms with van der Waals surface area (Å²) in [6.07, 6.45) is 37.9. The van der Waals surface area contributed by atoms with E-state index in [1.807, 2.05) is 0 Å². The van der Waals surface area contributed by atoms with Gasteiger partial charge in [0.1, 0.15) is 6.10 Å². The van der Waals surface area contributed by atoms with Gasteiger partial charge in [-0.15, -0.1) is 0 Å². The van der Waals surface area contributed by atoms with Crippen LogP contribution in [-0.2, 0) is 19.1 Å². The molecule has 0 fully saturated rings. The quantitative estimate of drug-likeness (QED) is 0.0503. The largest absolute Gasteiger partial charge is 0.466 e. The Bertz CT molecular complexity index is 702. The van der Waals surface area contributed by atoms with Gasteiger partial charge in [-0.2, -0.15) is 0 Å². The SMILES string of the molecule is CCCCCCCCCCCOC(=O)CCCCCN(CCCCO)CCCCCCCC(=O)OC(CCCCCC)CCCCCCCC. The lowest BCUT2D eigenvalue weighted by Gasteiger charge is -2.22. The van der Waals surface area contributed by atoms with Gasteiger partial charge in [0.25, 0.3) is 0 Å². The van der Waals surface area contributed by atoms with Crippen LogP contribution in [0.25, 0.3) is 0 Å². The van der Waals surface area contributed by atoms with Gasteiger partial charge < -0.3 is 19.5 Å². The highest BCUT2D eigenvalue weighted by Crippen LogP contribution is 2.18. The van der Waals surface area contributed by atoms with Crippen LogP contribution < -0.4 is 0 Å². The van der Waals surface area contributed by atoms with Crippen LogP contribution >= 0.6 is 0 Å². The fourth-order valence-corrected chi connectivity index (χ4v) is 6.83. The Labute approximate surface area is 312 Å². The van der Waals surface area contributed by atoms with E-state index in [0.717, 1.165) is 90.3 Å². The molecule has 1 unspecified atom stereocenters. The van der Waals surface area contributed by atoms with Crippen molar-refractivity contribution in [3.8, 4) is 0 Å². The molecule has 0 bridgehead atoms. The number of nitrogens with zero attached hydrogens (tertiary/aromatic N) is 1. The summed E-state index contributed by atoms with van der Waals surface area (Å²) in [4.78, 5) is 27.3. The standard InChI is InChI=1S/C44H87NO5/c1-4-7-10-13-15-16-17-22-32-41-49-43(47)35-27-23-29-38-45(39-30-31-40-46)37-28-21-18-20-26-36-44(48)50-42(33-24-12-9-6-3)34-25-19-14-11-8-5-2/h42,46H,4-41H2,1-3H3. The number of esters is 2. The molecular weight excluding hydrogens is 622 g/mol.